The van der Waals surface area contributed by atoms with Crippen molar-refractivity contribution in [1.82, 2.24) is 16.0 Å². The van der Waals surface area contributed by atoms with Gasteiger partial charge in [0.15, 0.2) is 11.7 Å². The number of hydrogen-bond acceptors (Lipinski definition) is 4. The molecular formula is C18H25IN4O3. The van der Waals surface area contributed by atoms with Gasteiger partial charge in [-0.2, -0.15) is 0 Å². The summed E-state index contributed by atoms with van der Waals surface area (Å²) in [7, 11) is 1.70. The monoisotopic (exact) mass is 472 g/mol. The van der Waals surface area contributed by atoms with E-state index in [4.69, 9.17) is 9.15 Å². The Morgan fingerprint density at radius 3 is 2.58 bits per heavy atom. The molecule has 0 saturated heterocycles. The van der Waals surface area contributed by atoms with Gasteiger partial charge in [0.1, 0.15) is 5.75 Å². The van der Waals surface area contributed by atoms with Crippen molar-refractivity contribution in [2.45, 2.75) is 13.5 Å². The number of carbonyl (C=O) groups is 1. The first-order valence-electron chi connectivity index (χ1n) is 8.21. The molecule has 2 aromatic rings. The van der Waals surface area contributed by atoms with Crippen LogP contribution < -0.4 is 20.7 Å². The summed E-state index contributed by atoms with van der Waals surface area (Å²) < 4.78 is 10.6. The van der Waals surface area contributed by atoms with Crippen LogP contribution in [-0.4, -0.2) is 38.6 Å². The lowest BCUT2D eigenvalue weighted by Crippen LogP contribution is -2.41. The lowest BCUT2D eigenvalue weighted by Gasteiger charge is -2.14. The number of nitrogens with zero attached hydrogens (tertiary/aromatic N) is 1. The Kier molecular flexibility index (Phi) is 10.2. The largest absolute Gasteiger partial charge is 0.494 e. The first-order chi connectivity index (χ1) is 12.2. The van der Waals surface area contributed by atoms with Gasteiger partial charge in [-0.25, -0.2) is 0 Å². The normalized spacial score (nSPS) is 10.6. The standard InChI is InChI=1S/C18H24N4O3.HI/c1-3-24-15-8-5-4-7-14(15)13-22-18(19-2)21-11-10-20-17(23)16-9-6-12-25-16;/h4-9,12H,3,10-11,13H2,1-2H3,(H,20,23)(H2,19,21,22);1H. The molecule has 0 aliphatic heterocycles. The summed E-state index contributed by atoms with van der Waals surface area (Å²) in [6.07, 6.45) is 1.47. The Morgan fingerprint density at radius 2 is 1.88 bits per heavy atom. The Balaban J connectivity index is 0.00000338. The number of amides is 1. The number of hydrogen-bond donors (Lipinski definition) is 3. The lowest BCUT2D eigenvalue weighted by atomic mass is 10.2. The Bertz CT molecular complexity index is 690. The predicted octanol–water partition coefficient (Wildman–Crippen LogP) is 2.39. The number of halogens is 1. The quantitative estimate of drug-likeness (QED) is 0.238. The minimum absolute atomic E-state index is 0. The van der Waals surface area contributed by atoms with Crippen LogP contribution in [0.3, 0.4) is 0 Å². The van der Waals surface area contributed by atoms with E-state index in [0.29, 0.717) is 38.0 Å². The number of carbonyl (C=O) groups excluding carboxylic acids is 1. The highest BCUT2D eigenvalue weighted by molar-refractivity contribution is 14.0. The van der Waals surface area contributed by atoms with Crippen molar-refractivity contribution in [3.8, 4) is 5.75 Å². The number of nitrogens with one attached hydrogen (secondary N) is 3. The van der Waals surface area contributed by atoms with E-state index in [9.17, 15) is 4.79 Å². The molecule has 1 heterocycles. The summed E-state index contributed by atoms with van der Waals surface area (Å²) in [4.78, 5) is 15.9. The summed E-state index contributed by atoms with van der Waals surface area (Å²) >= 11 is 0. The molecule has 1 aromatic carbocycles. The molecule has 0 radical (unpaired) electrons. The van der Waals surface area contributed by atoms with E-state index in [-0.39, 0.29) is 29.9 Å². The van der Waals surface area contributed by atoms with Crippen LogP contribution >= 0.6 is 24.0 Å². The second kappa shape index (κ2) is 12.2. The first kappa shape index (κ1) is 21.8. The Morgan fingerprint density at radius 1 is 1.12 bits per heavy atom. The number of para-hydroxylation sites is 1. The average Bonchev–Trinajstić information content (AvgIpc) is 3.17. The SMILES string of the molecule is CCOc1ccccc1CNC(=NC)NCCNC(=O)c1ccco1.I. The molecule has 3 N–H and O–H groups in total. The maximum Gasteiger partial charge on any atom is 0.287 e. The molecule has 0 fully saturated rings. The highest BCUT2D eigenvalue weighted by atomic mass is 127. The topological polar surface area (TPSA) is 87.9 Å². The summed E-state index contributed by atoms with van der Waals surface area (Å²) in [5.41, 5.74) is 1.05. The smallest absolute Gasteiger partial charge is 0.287 e. The summed E-state index contributed by atoms with van der Waals surface area (Å²) in [5.74, 6) is 1.58. The van der Waals surface area contributed by atoms with Gasteiger partial charge in [0.25, 0.3) is 5.91 Å². The van der Waals surface area contributed by atoms with Crippen LogP contribution in [0.4, 0.5) is 0 Å². The third kappa shape index (κ3) is 6.95. The van der Waals surface area contributed by atoms with Gasteiger partial charge in [0.2, 0.25) is 0 Å². The molecule has 0 saturated carbocycles. The molecule has 8 heteroatoms. The van der Waals surface area contributed by atoms with Crippen molar-refractivity contribution in [2.75, 3.05) is 26.7 Å². The van der Waals surface area contributed by atoms with Crippen molar-refractivity contribution in [3.63, 3.8) is 0 Å². The number of rotatable bonds is 8. The van der Waals surface area contributed by atoms with Gasteiger partial charge < -0.3 is 25.1 Å². The van der Waals surface area contributed by atoms with E-state index in [1.54, 1.807) is 19.2 Å². The molecule has 0 bridgehead atoms. The fourth-order valence-electron chi connectivity index (χ4n) is 2.20. The molecule has 1 amide bonds. The second-order valence-electron chi connectivity index (χ2n) is 5.13. The van der Waals surface area contributed by atoms with Gasteiger partial charge >= 0.3 is 0 Å². The zero-order chi connectivity index (χ0) is 17.9. The molecule has 2 rings (SSSR count). The van der Waals surface area contributed by atoms with E-state index >= 15 is 0 Å². The molecule has 1 aromatic heterocycles. The maximum absolute atomic E-state index is 11.7. The van der Waals surface area contributed by atoms with Gasteiger partial charge in [-0.15, -0.1) is 24.0 Å². The first-order valence-corrected chi connectivity index (χ1v) is 8.21. The van der Waals surface area contributed by atoms with Gasteiger partial charge in [-0.1, -0.05) is 18.2 Å². The van der Waals surface area contributed by atoms with E-state index in [2.05, 4.69) is 20.9 Å². The average molecular weight is 472 g/mol. The lowest BCUT2D eigenvalue weighted by molar-refractivity contribution is 0.0926. The Labute approximate surface area is 170 Å². The minimum Gasteiger partial charge on any atom is -0.494 e. The Hall–Kier alpha value is -2.23. The van der Waals surface area contributed by atoms with Gasteiger partial charge in [0.05, 0.1) is 12.9 Å². The van der Waals surface area contributed by atoms with Gasteiger partial charge in [-0.3, -0.25) is 9.79 Å². The maximum atomic E-state index is 11.7. The fourth-order valence-corrected chi connectivity index (χ4v) is 2.20. The third-order valence-electron chi connectivity index (χ3n) is 3.39. The zero-order valence-electron chi connectivity index (χ0n) is 15.0. The van der Waals surface area contributed by atoms with Gasteiger partial charge in [0, 0.05) is 32.2 Å². The molecule has 0 atom stereocenters. The van der Waals surface area contributed by atoms with Crippen LogP contribution in [0, 0.1) is 0 Å². The zero-order valence-corrected chi connectivity index (χ0v) is 17.3. The molecular weight excluding hydrogens is 447 g/mol. The van der Waals surface area contributed by atoms with Crippen LogP contribution in [0.5, 0.6) is 5.75 Å². The number of aliphatic imine (C=N–C) groups is 1. The summed E-state index contributed by atoms with van der Waals surface area (Å²) in [6, 6.07) is 11.2. The fraction of sp³-hybridized carbons (Fsp3) is 0.333. The van der Waals surface area contributed by atoms with Crippen LogP contribution in [0.1, 0.15) is 23.0 Å². The number of ether oxygens (including phenoxy) is 1. The highest BCUT2D eigenvalue weighted by Crippen LogP contribution is 2.17. The van der Waals surface area contributed by atoms with Crippen molar-refractivity contribution >= 4 is 35.8 Å². The second-order valence-corrected chi connectivity index (χ2v) is 5.13. The van der Waals surface area contributed by atoms with Crippen molar-refractivity contribution < 1.29 is 13.9 Å². The molecule has 0 aliphatic carbocycles. The molecule has 26 heavy (non-hydrogen) atoms. The van der Waals surface area contributed by atoms with Crippen molar-refractivity contribution in [3.05, 3.63) is 54.0 Å². The number of benzene rings is 1. The molecule has 0 aliphatic rings. The van der Waals surface area contributed by atoms with Crippen LogP contribution in [0.25, 0.3) is 0 Å². The van der Waals surface area contributed by atoms with E-state index in [1.807, 2.05) is 31.2 Å². The third-order valence-corrected chi connectivity index (χ3v) is 3.39. The van der Waals surface area contributed by atoms with Gasteiger partial charge in [-0.05, 0) is 25.1 Å². The van der Waals surface area contributed by atoms with Crippen LogP contribution in [0.15, 0.2) is 52.1 Å². The molecule has 0 unspecified atom stereocenters. The molecule has 7 nitrogen and oxygen atoms in total. The van der Waals surface area contributed by atoms with Crippen LogP contribution in [0.2, 0.25) is 0 Å². The van der Waals surface area contributed by atoms with E-state index < -0.39 is 0 Å². The minimum atomic E-state index is -0.236. The molecule has 0 spiro atoms. The summed E-state index contributed by atoms with van der Waals surface area (Å²) in [6.45, 7) is 4.17. The van der Waals surface area contributed by atoms with Crippen LogP contribution in [-0.2, 0) is 6.54 Å². The van der Waals surface area contributed by atoms with Crippen molar-refractivity contribution in [2.24, 2.45) is 4.99 Å². The highest BCUT2D eigenvalue weighted by Gasteiger charge is 2.07. The summed E-state index contributed by atoms with van der Waals surface area (Å²) in [5, 5.41) is 9.14. The number of guanidine groups is 1. The predicted molar refractivity (Wildman–Crippen MR) is 112 cm³/mol. The van der Waals surface area contributed by atoms with E-state index in [0.717, 1.165) is 11.3 Å². The molecule has 142 valence electrons. The van der Waals surface area contributed by atoms with E-state index in [1.165, 1.54) is 6.26 Å². The van der Waals surface area contributed by atoms with Crippen molar-refractivity contribution in [1.29, 1.82) is 0 Å². The number of furan rings is 1.